The Labute approximate surface area is 94.6 Å². The Morgan fingerprint density at radius 3 is 1.87 bits per heavy atom. The van der Waals surface area contributed by atoms with Crippen molar-refractivity contribution in [2.75, 3.05) is 0 Å². The summed E-state index contributed by atoms with van der Waals surface area (Å²) >= 11 is 0. The Morgan fingerprint density at radius 1 is 1.00 bits per heavy atom. The molecule has 0 aliphatic rings. The van der Waals surface area contributed by atoms with E-state index in [9.17, 15) is 0 Å². The minimum atomic E-state index is -1.74. The molecule has 0 radical (unpaired) electrons. The van der Waals surface area contributed by atoms with Gasteiger partial charge in [0.2, 0.25) is 8.32 Å². The summed E-state index contributed by atoms with van der Waals surface area (Å²) in [7, 11) is -1.74. The van der Waals surface area contributed by atoms with Crippen LogP contribution in [-0.2, 0) is 4.43 Å². The first kappa shape index (κ1) is 12.5. The number of benzene rings is 1. The topological polar surface area (TPSA) is 9.23 Å². The zero-order valence-corrected chi connectivity index (χ0v) is 11.7. The Balaban J connectivity index is 2.90. The molecule has 2 heteroatoms. The SMILES string of the molecule is Cc1ccc([Si](C)(C)OC(C)(C)C)cc1. The second kappa shape index (κ2) is 4.10. The highest BCUT2D eigenvalue weighted by molar-refractivity contribution is 6.84. The molecule has 0 amide bonds. The molecule has 0 heterocycles. The number of rotatable bonds is 2. The van der Waals surface area contributed by atoms with E-state index in [0.717, 1.165) is 0 Å². The van der Waals surface area contributed by atoms with E-state index in [0.29, 0.717) is 0 Å². The molecule has 0 bridgehead atoms. The van der Waals surface area contributed by atoms with Gasteiger partial charge in [-0.05, 0) is 46.0 Å². The molecular formula is C13H22OSi. The third-order valence-electron chi connectivity index (χ3n) is 2.31. The Morgan fingerprint density at radius 2 is 1.47 bits per heavy atom. The van der Waals surface area contributed by atoms with Crippen LogP contribution in [0.3, 0.4) is 0 Å². The smallest absolute Gasteiger partial charge is 0.218 e. The van der Waals surface area contributed by atoms with Crippen LogP contribution in [-0.4, -0.2) is 13.9 Å². The molecule has 0 aliphatic carbocycles. The third-order valence-corrected chi connectivity index (χ3v) is 5.15. The predicted octanol–water partition coefficient (Wildman–Crippen LogP) is 3.22. The van der Waals surface area contributed by atoms with Gasteiger partial charge in [-0.2, -0.15) is 0 Å². The summed E-state index contributed by atoms with van der Waals surface area (Å²) in [5.74, 6) is 0. The fourth-order valence-electron chi connectivity index (χ4n) is 1.78. The van der Waals surface area contributed by atoms with E-state index >= 15 is 0 Å². The van der Waals surface area contributed by atoms with Crippen LogP contribution in [0.4, 0.5) is 0 Å². The van der Waals surface area contributed by atoms with Crippen molar-refractivity contribution in [1.29, 1.82) is 0 Å². The summed E-state index contributed by atoms with van der Waals surface area (Å²) in [6.45, 7) is 13.0. The molecule has 0 N–H and O–H groups in total. The predicted molar refractivity (Wildman–Crippen MR) is 69.1 cm³/mol. The van der Waals surface area contributed by atoms with Crippen molar-refractivity contribution in [2.45, 2.75) is 46.4 Å². The lowest BCUT2D eigenvalue weighted by Gasteiger charge is -2.32. The van der Waals surface area contributed by atoms with Crippen LogP contribution >= 0.6 is 0 Å². The van der Waals surface area contributed by atoms with Gasteiger partial charge in [-0.15, -0.1) is 0 Å². The van der Waals surface area contributed by atoms with Crippen LogP contribution in [0.5, 0.6) is 0 Å². The van der Waals surface area contributed by atoms with Gasteiger partial charge in [-0.3, -0.25) is 0 Å². The maximum Gasteiger partial charge on any atom is 0.218 e. The fraction of sp³-hybridized carbons (Fsp3) is 0.538. The zero-order chi connectivity index (χ0) is 11.7. The van der Waals surface area contributed by atoms with Gasteiger partial charge in [0.15, 0.2) is 0 Å². The summed E-state index contributed by atoms with van der Waals surface area (Å²) < 4.78 is 6.19. The summed E-state index contributed by atoms with van der Waals surface area (Å²) in [5.41, 5.74) is 1.25. The molecule has 0 saturated carbocycles. The van der Waals surface area contributed by atoms with Crippen LogP contribution in [0.2, 0.25) is 13.1 Å². The molecule has 0 saturated heterocycles. The summed E-state index contributed by atoms with van der Waals surface area (Å²) in [4.78, 5) is 0. The maximum atomic E-state index is 6.19. The van der Waals surface area contributed by atoms with Crippen molar-refractivity contribution < 1.29 is 4.43 Å². The van der Waals surface area contributed by atoms with Crippen molar-refractivity contribution >= 4 is 13.5 Å². The van der Waals surface area contributed by atoms with E-state index in [-0.39, 0.29) is 5.60 Å². The minimum Gasteiger partial charge on any atom is -0.408 e. The first-order valence-electron chi connectivity index (χ1n) is 5.48. The first-order valence-corrected chi connectivity index (χ1v) is 8.39. The van der Waals surface area contributed by atoms with E-state index in [2.05, 4.69) is 65.1 Å². The lowest BCUT2D eigenvalue weighted by molar-refractivity contribution is 0.125. The van der Waals surface area contributed by atoms with Gasteiger partial charge in [0, 0.05) is 5.60 Å². The van der Waals surface area contributed by atoms with Gasteiger partial charge in [-0.1, -0.05) is 29.8 Å². The lowest BCUT2D eigenvalue weighted by Crippen LogP contribution is -2.49. The molecule has 1 aromatic carbocycles. The number of hydrogen-bond acceptors (Lipinski definition) is 1. The highest BCUT2D eigenvalue weighted by Crippen LogP contribution is 2.16. The standard InChI is InChI=1S/C13H22OSi/c1-11-7-9-12(10-8-11)15(5,6)14-13(2,3)4/h7-10H,1-6H3. The van der Waals surface area contributed by atoms with Crippen LogP contribution in [0.1, 0.15) is 26.3 Å². The van der Waals surface area contributed by atoms with Crippen molar-refractivity contribution in [3.8, 4) is 0 Å². The molecular weight excluding hydrogens is 200 g/mol. The van der Waals surface area contributed by atoms with Gasteiger partial charge in [0.1, 0.15) is 0 Å². The monoisotopic (exact) mass is 222 g/mol. The Kier molecular flexibility index (Phi) is 3.41. The summed E-state index contributed by atoms with van der Waals surface area (Å²) in [6, 6.07) is 8.73. The van der Waals surface area contributed by atoms with Crippen LogP contribution in [0, 0.1) is 6.92 Å². The van der Waals surface area contributed by atoms with Crippen molar-refractivity contribution in [2.24, 2.45) is 0 Å². The Bertz CT molecular complexity index is 319. The first-order chi connectivity index (χ1) is 6.71. The lowest BCUT2D eigenvalue weighted by atomic mass is 10.2. The molecule has 84 valence electrons. The number of aryl methyl sites for hydroxylation is 1. The average molecular weight is 222 g/mol. The largest absolute Gasteiger partial charge is 0.408 e. The molecule has 15 heavy (non-hydrogen) atoms. The van der Waals surface area contributed by atoms with E-state index < -0.39 is 8.32 Å². The molecule has 0 unspecified atom stereocenters. The molecule has 0 spiro atoms. The molecule has 0 fully saturated rings. The minimum absolute atomic E-state index is 0.0550. The summed E-state index contributed by atoms with van der Waals surface area (Å²) in [5, 5.41) is 1.36. The van der Waals surface area contributed by atoms with Crippen molar-refractivity contribution in [1.82, 2.24) is 0 Å². The van der Waals surface area contributed by atoms with Gasteiger partial charge in [-0.25, -0.2) is 0 Å². The molecule has 1 aromatic rings. The highest BCUT2D eigenvalue weighted by Gasteiger charge is 2.30. The van der Waals surface area contributed by atoms with Crippen LogP contribution < -0.4 is 5.19 Å². The van der Waals surface area contributed by atoms with Gasteiger partial charge < -0.3 is 4.43 Å². The Hall–Kier alpha value is -0.603. The molecule has 1 rings (SSSR count). The van der Waals surface area contributed by atoms with E-state index in [1.54, 1.807) is 0 Å². The van der Waals surface area contributed by atoms with Crippen LogP contribution in [0.25, 0.3) is 0 Å². The normalized spacial score (nSPS) is 12.9. The molecule has 0 aromatic heterocycles. The van der Waals surface area contributed by atoms with E-state index in [1.807, 2.05) is 0 Å². The van der Waals surface area contributed by atoms with Crippen molar-refractivity contribution in [3.05, 3.63) is 29.8 Å². The van der Waals surface area contributed by atoms with E-state index in [1.165, 1.54) is 10.8 Å². The van der Waals surface area contributed by atoms with Gasteiger partial charge >= 0.3 is 0 Å². The molecule has 0 aliphatic heterocycles. The summed E-state index contributed by atoms with van der Waals surface area (Å²) in [6.07, 6.45) is 0. The van der Waals surface area contributed by atoms with Gasteiger partial charge in [0.05, 0.1) is 0 Å². The average Bonchev–Trinajstić information content (AvgIpc) is 2.00. The molecule has 1 nitrogen and oxygen atoms in total. The molecule has 0 atom stereocenters. The third kappa shape index (κ3) is 3.80. The maximum absolute atomic E-state index is 6.19. The highest BCUT2D eigenvalue weighted by atomic mass is 28.4. The fourth-order valence-corrected chi connectivity index (χ4v) is 4.40. The zero-order valence-electron chi connectivity index (χ0n) is 10.7. The second-order valence-corrected chi connectivity index (χ2v) is 9.39. The van der Waals surface area contributed by atoms with E-state index in [4.69, 9.17) is 4.43 Å². The van der Waals surface area contributed by atoms with Gasteiger partial charge in [0.25, 0.3) is 0 Å². The second-order valence-electron chi connectivity index (χ2n) is 5.59. The number of hydrogen-bond donors (Lipinski definition) is 0. The quantitative estimate of drug-likeness (QED) is 0.698. The van der Waals surface area contributed by atoms with Crippen molar-refractivity contribution in [3.63, 3.8) is 0 Å². The van der Waals surface area contributed by atoms with Crippen LogP contribution in [0.15, 0.2) is 24.3 Å².